The number of thioether (sulfide) groups is 2. The Balaban J connectivity index is 1.63. The summed E-state index contributed by atoms with van der Waals surface area (Å²) in [6.07, 6.45) is 0. The number of amides is 1. The quantitative estimate of drug-likeness (QED) is 0.355. The summed E-state index contributed by atoms with van der Waals surface area (Å²) < 4.78 is 0. The van der Waals surface area contributed by atoms with Crippen LogP contribution in [0.4, 0.5) is 11.4 Å². The molecule has 1 aromatic carbocycles. The Morgan fingerprint density at radius 1 is 1.48 bits per heavy atom. The zero-order valence-corrected chi connectivity index (χ0v) is 14.8. The Morgan fingerprint density at radius 2 is 2.28 bits per heavy atom. The van der Waals surface area contributed by atoms with Crippen molar-refractivity contribution in [2.75, 3.05) is 11.1 Å². The van der Waals surface area contributed by atoms with Crippen LogP contribution in [0.3, 0.4) is 0 Å². The first-order valence-corrected chi connectivity index (χ1v) is 9.45. The number of fused-ring (bicyclic) bond motifs is 1. The second-order valence-corrected chi connectivity index (χ2v) is 7.33. The van der Waals surface area contributed by atoms with E-state index in [1.807, 2.05) is 0 Å². The zero-order chi connectivity index (χ0) is 18.0. The number of H-pyrrole nitrogens is 1. The van der Waals surface area contributed by atoms with E-state index in [1.54, 1.807) is 18.7 Å². The third kappa shape index (κ3) is 4.02. The molecule has 0 spiro atoms. The van der Waals surface area contributed by atoms with Gasteiger partial charge in [-0.3, -0.25) is 19.7 Å². The van der Waals surface area contributed by atoms with Crippen molar-refractivity contribution in [1.29, 1.82) is 0 Å². The molecule has 2 aromatic rings. The lowest BCUT2D eigenvalue weighted by Gasteiger charge is -2.08. The topological polar surface area (TPSA) is 118 Å². The highest BCUT2D eigenvalue weighted by atomic mass is 32.2. The van der Waals surface area contributed by atoms with Crippen LogP contribution >= 0.6 is 23.5 Å². The number of anilines is 1. The van der Waals surface area contributed by atoms with E-state index in [-0.39, 0.29) is 22.9 Å². The fraction of sp³-hybridized carbons (Fsp3) is 0.267. The van der Waals surface area contributed by atoms with Gasteiger partial charge in [0.05, 0.1) is 16.4 Å². The van der Waals surface area contributed by atoms with Gasteiger partial charge in [0, 0.05) is 34.9 Å². The minimum absolute atomic E-state index is 0.0253. The summed E-state index contributed by atoms with van der Waals surface area (Å²) in [6, 6.07) is 4.25. The maximum atomic E-state index is 12.1. The van der Waals surface area contributed by atoms with Crippen molar-refractivity contribution in [3.8, 4) is 0 Å². The minimum Gasteiger partial charge on any atom is -0.325 e. The van der Waals surface area contributed by atoms with Crippen LogP contribution in [0.25, 0.3) is 0 Å². The predicted octanol–water partition coefficient (Wildman–Crippen LogP) is 2.46. The first kappa shape index (κ1) is 17.5. The number of non-ortho nitro benzene ring substituents is 1. The highest BCUT2D eigenvalue weighted by Gasteiger charge is 2.18. The summed E-state index contributed by atoms with van der Waals surface area (Å²) in [5.74, 6) is 1.17. The van der Waals surface area contributed by atoms with Crippen LogP contribution in [0.5, 0.6) is 0 Å². The van der Waals surface area contributed by atoms with E-state index < -0.39 is 4.92 Å². The Morgan fingerprint density at radius 3 is 3.00 bits per heavy atom. The molecule has 1 amide bonds. The van der Waals surface area contributed by atoms with Gasteiger partial charge in [-0.15, -0.1) is 0 Å². The summed E-state index contributed by atoms with van der Waals surface area (Å²) in [5.41, 5.74) is 2.44. The summed E-state index contributed by atoms with van der Waals surface area (Å²) in [5, 5.41) is 13.9. The number of aryl methyl sites for hydroxylation is 1. The maximum Gasteiger partial charge on any atom is 0.269 e. The lowest BCUT2D eigenvalue weighted by atomic mass is 10.2. The number of nitrogens with one attached hydrogen (secondary N) is 2. The molecule has 8 nitrogen and oxygen atoms in total. The van der Waals surface area contributed by atoms with Gasteiger partial charge in [-0.1, -0.05) is 11.8 Å². The normalized spacial score (nSPS) is 12.7. The van der Waals surface area contributed by atoms with Crippen LogP contribution in [0.15, 0.2) is 28.2 Å². The highest BCUT2D eigenvalue weighted by molar-refractivity contribution is 7.99. The van der Waals surface area contributed by atoms with Crippen molar-refractivity contribution < 1.29 is 9.72 Å². The molecule has 1 aromatic heterocycles. The van der Waals surface area contributed by atoms with Crippen LogP contribution in [0.1, 0.15) is 16.8 Å². The van der Waals surface area contributed by atoms with Crippen LogP contribution in [0.2, 0.25) is 0 Å². The van der Waals surface area contributed by atoms with Gasteiger partial charge in [0.1, 0.15) is 0 Å². The molecule has 0 saturated carbocycles. The van der Waals surface area contributed by atoms with E-state index >= 15 is 0 Å². The molecule has 0 radical (unpaired) electrons. The lowest BCUT2D eigenvalue weighted by molar-refractivity contribution is -0.384. The third-order valence-corrected chi connectivity index (χ3v) is 5.44. The molecule has 1 aliphatic rings. The number of nitro benzene ring substituents is 1. The van der Waals surface area contributed by atoms with Gasteiger partial charge in [0.2, 0.25) is 5.91 Å². The Kier molecular flexibility index (Phi) is 5.09. The van der Waals surface area contributed by atoms with Gasteiger partial charge in [0.25, 0.3) is 11.2 Å². The zero-order valence-electron chi connectivity index (χ0n) is 13.2. The monoisotopic (exact) mass is 378 g/mol. The van der Waals surface area contributed by atoms with Crippen LogP contribution in [-0.2, 0) is 16.3 Å². The molecule has 1 aliphatic heterocycles. The van der Waals surface area contributed by atoms with E-state index in [9.17, 15) is 19.7 Å². The number of nitrogens with zero attached hydrogens (tertiary/aromatic N) is 2. The number of aromatic amines is 1. The number of carbonyl (C=O) groups is 1. The molecule has 2 heterocycles. The molecule has 0 aliphatic carbocycles. The van der Waals surface area contributed by atoms with E-state index in [1.165, 1.54) is 18.2 Å². The van der Waals surface area contributed by atoms with Crippen LogP contribution in [-0.4, -0.2) is 26.6 Å². The van der Waals surface area contributed by atoms with Gasteiger partial charge in [0.15, 0.2) is 5.16 Å². The van der Waals surface area contributed by atoms with Crippen LogP contribution in [0, 0.1) is 17.0 Å². The molecule has 0 atom stereocenters. The Hall–Kier alpha value is -2.33. The summed E-state index contributed by atoms with van der Waals surface area (Å²) in [7, 11) is 0. The van der Waals surface area contributed by atoms with E-state index in [4.69, 9.17) is 0 Å². The number of rotatable bonds is 5. The number of hydrogen-bond acceptors (Lipinski definition) is 7. The molecule has 0 unspecified atom stereocenters. The standard InChI is InChI=1S/C15H14N4O4S2/c1-8-4-9(19(22)23)2-3-11(8)16-13(20)7-25-15-17-12-6-24-5-10(12)14(21)18-15/h2-4H,5-7H2,1H3,(H,16,20)(H,17,18,21). The highest BCUT2D eigenvalue weighted by Crippen LogP contribution is 2.27. The summed E-state index contributed by atoms with van der Waals surface area (Å²) in [4.78, 5) is 41.3. The Bertz CT molecular complexity index is 913. The van der Waals surface area contributed by atoms with Gasteiger partial charge < -0.3 is 10.3 Å². The van der Waals surface area contributed by atoms with E-state index in [2.05, 4.69) is 15.3 Å². The summed E-state index contributed by atoms with van der Waals surface area (Å²) >= 11 is 2.78. The van der Waals surface area contributed by atoms with Crippen molar-refractivity contribution in [3.63, 3.8) is 0 Å². The largest absolute Gasteiger partial charge is 0.325 e. The molecule has 2 N–H and O–H groups in total. The first-order valence-electron chi connectivity index (χ1n) is 7.31. The van der Waals surface area contributed by atoms with Gasteiger partial charge in [-0.05, 0) is 18.6 Å². The van der Waals surface area contributed by atoms with Gasteiger partial charge in [-0.2, -0.15) is 11.8 Å². The Labute approximate surface area is 151 Å². The number of hydrogen-bond donors (Lipinski definition) is 2. The molecule has 0 bridgehead atoms. The maximum absolute atomic E-state index is 12.1. The molecule has 130 valence electrons. The minimum atomic E-state index is -0.484. The van der Waals surface area contributed by atoms with Gasteiger partial charge >= 0.3 is 0 Å². The number of carbonyl (C=O) groups excluding carboxylic acids is 1. The third-order valence-electron chi connectivity index (χ3n) is 3.60. The first-order chi connectivity index (χ1) is 11.9. The van der Waals surface area contributed by atoms with Crippen molar-refractivity contribution in [2.45, 2.75) is 23.6 Å². The number of aromatic nitrogens is 2. The average Bonchev–Trinajstić information content (AvgIpc) is 3.04. The van der Waals surface area contributed by atoms with Crippen molar-refractivity contribution in [2.24, 2.45) is 0 Å². The summed E-state index contributed by atoms with van der Waals surface area (Å²) in [6.45, 7) is 1.69. The SMILES string of the molecule is Cc1cc([N+](=O)[O-])ccc1NC(=O)CSc1nc2c(c(=O)[nH]1)CSC2. The fourth-order valence-electron chi connectivity index (χ4n) is 2.33. The molecular weight excluding hydrogens is 364 g/mol. The lowest BCUT2D eigenvalue weighted by Crippen LogP contribution is -2.18. The predicted molar refractivity (Wildman–Crippen MR) is 97.0 cm³/mol. The van der Waals surface area contributed by atoms with Crippen molar-refractivity contribution >= 4 is 40.8 Å². The molecule has 0 fully saturated rings. The van der Waals surface area contributed by atoms with Gasteiger partial charge in [-0.25, -0.2) is 4.98 Å². The molecule has 0 saturated heterocycles. The molecule has 10 heteroatoms. The van der Waals surface area contributed by atoms with Crippen molar-refractivity contribution in [3.05, 3.63) is 55.5 Å². The fourth-order valence-corrected chi connectivity index (χ4v) is 4.05. The number of nitro groups is 1. The second kappa shape index (κ2) is 7.28. The number of benzene rings is 1. The molecule has 3 rings (SSSR count). The average molecular weight is 378 g/mol. The van der Waals surface area contributed by atoms with E-state index in [0.29, 0.717) is 33.5 Å². The molecule has 25 heavy (non-hydrogen) atoms. The second-order valence-electron chi connectivity index (χ2n) is 5.38. The van der Waals surface area contributed by atoms with Crippen molar-refractivity contribution in [1.82, 2.24) is 9.97 Å². The van der Waals surface area contributed by atoms with E-state index in [0.717, 1.165) is 17.5 Å². The van der Waals surface area contributed by atoms with Crippen LogP contribution < -0.4 is 10.9 Å². The smallest absolute Gasteiger partial charge is 0.269 e. The molecular formula is C15H14N4O4S2.